The third kappa shape index (κ3) is 9.55. The summed E-state index contributed by atoms with van der Waals surface area (Å²) in [4.78, 5) is 8.10. The van der Waals surface area contributed by atoms with Crippen LogP contribution in [0.15, 0.2) is 21.4 Å². The number of likely N-dealkylation sites (N-methyl/N-ethyl adjacent to an activating group) is 1. The Bertz CT molecular complexity index is 295. The average molecular weight is 316 g/mol. The lowest BCUT2D eigenvalue weighted by molar-refractivity contribution is 0.0452. The van der Waals surface area contributed by atoms with E-state index in [9.17, 15) is 0 Å². The van der Waals surface area contributed by atoms with E-state index in [2.05, 4.69) is 34.1 Å². The van der Waals surface area contributed by atoms with Gasteiger partial charge < -0.3 is 0 Å². The fourth-order valence-electron chi connectivity index (χ4n) is 1.50. The summed E-state index contributed by atoms with van der Waals surface area (Å²) in [6.45, 7) is 24.4. The Kier molecular flexibility index (Phi) is 28.7. The van der Waals surface area contributed by atoms with Crippen molar-refractivity contribution in [3.05, 3.63) is 11.4 Å². The fourth-order valence-corrected chi connectivity index (χ4v) is 1.50. The maximum Gasteiger partial charge on any atom is 0.164 e. The summed E-state index contributed by atoms with van der Waals surface area (Å²) >= 11 is 0. The standard InChI is InChI=1S/C9H17N5.4C2H6/c1-6-14-8(7(2)10-3)9(11-4)12-13(14)5;4*1-2/h3,6H2,1-2,4-5H3,(H,11,12);4*1-2H3/b8-7-;;;;. The first kappa shape index (κ1) is 28.8. The number of nitrogens with one attached hydrogen (secondary N) is 1. The first-order chi connectivity index (χ1) is 10.7. The minimum absolute atomic E-state index is 0.833. The molecule has 1 aliphatic rings. The Morgan fingerprint density at radius 1 is 1.05 bits per heavy atom. The van der Waals surface area contributed by atoms with Gasteiger partial charge in [-0.3, -0.25) is 20.4 Å². The van der Waals surface area contributed by atoms with Crippen LogP contribution < -0.4 is 5.43 Å². The molecule has 0 atom stereocenters. The van der Waals surface area contributed by atoms with Crippen molar-refractivity contribution in [2.75, 3.05) is 20.6 Å². The van der Waals surface area contributed by atoms with Gasteiger partial charge in [0, 0.05) is 20.6 Å². The van der Waals surface area contributed by atoms with Gasteiger partial charge in [-0.2, -0.15) is 0 Å². The van der Waals surface area contributed by atoms with Crippen LogP contribution in [0.25, 0.3) is 0 Å². The highest BCUT2D eigenvalue weighted by atomic mass is 15.8. The van der Waals surface area contributed by atoms with E-state index in [0.29, 0.717) is 0 Å². The largest absolute Gasteiger partial charge is 0.284 e. The fraction of sp³-hybridized carbons (Fsp3) is 0.765. The van der Waals surface area contributed by atoms with Gasteiger partial charge in [0.2, 0.25) is 0 Å². The molecule has 0 spiro atoms. The number of aliphatic imine (C=N–C) groups is 2. The van der Waals surface area contributed by atoms with Crippen molar-refractivity contribution in [3.63, 3.8) is 0 Å². The van der Waals surface area contributed by atoms with Gasteiger partial charge in [0.05, 0.1) is 5.70 Å². The Labute approximate surface area is 140 Å². The molecule has 0 unspecified atom stereocenters. The van der Waals surface area contributed by atoms with Crippen molar-refractivity contribution in [2.24, 2.45) is 9.98 Å². The van der Waals surface area contributed by atoms with Crippen LogP contribution in [0.3, 0.4) is 0 Å². The molecular formula is C17H41N5. The van der Waals surface area contributed by atoms with Crippen LogP contribution in [0.4, 0.5) is 0 Å². The van der Waals surface area contributed by atoms with Crippen molar-refractivity contribution in [1.29, 1.82) is 0 Å². The Morgan fingerprint density at radius 3 is 1.73 bits per heavy atom. The highest BCUT2D eigenvalue weighted by molar-refractivity contribution is 5.99. The average Bonchev–Trinajstić information content (AvgIpc) is 2.96. The van der Waals surface area contributed by atoms with Crippen molar-refractivity contribution in [3.8, 4) is 0 Å². The number of hydrogen-bond donors (Lipinski definition) is 1. The molecule has 0 aromatic carbocycles. The highest BCUT2D eigenvalue weighted by Crippen LogP contribution is 2.18. The van der Waals surface area contributed by atoms with Gasteiger partial charge >= 0.3 is 0 Å². The van der Waals surface area contributed by atoms with Gasteiger partial charge in [0.1, 0.15) is 5.70 Å². The molecule has 1 aliphatic heterocycles. The van der Waals surface area contributed by atoms with Gasteiger partial charge in [0.15, 0.2) is 5.84 Å². The Balaban J connectivity index is -0.000000175. The second kappa shape index (κ2) is 21.9. The molecule has 1 N–H and O–H groups in total. The summed E-state index contributed by atoms with van der Waals surface area (Å²) in [7, 11) is 3.70. The van der Waals surface area contributed by atoms with Crippen LogP contribution in [0.2, 0.25) is 0 Å². The maximum absolute atomic E-state index is 4.16. The lowest BCUT2D eigenvalue weighted by Gasteiger charge is -2.23. The van der Waals surface area contributed by atoms with Crippen molar-refractivity contribution < 1.29 is 0 Å². The number of hydrazine groups is 2. The topological polar surface area (TPSA) is 43.2 Å². The summed E-state index contributed by atoms with van der Waals surface area (Å²) < 4.78 is 0. The smallest absolute Gasteiger partial charge is 0.164 e. The highest BCUT2D eigenvalue weighted by Gasteiger charge is 2.28. The molecule has 0 aromatic heterocycles. The monoisotopic (exact) mass is 315 g/mol. The van der Waals surface area contributed by atoms with Gasteiger partial charge in [-0.25, -0.2) is 0 Å². The molecule has 0 amide bonds. The van der Waals surface area contributed by atoms with E-state index in [4.69, 9.17) is 0 Å². The molecule has 5 heteroatoms. The summed E-state index contributed by atoms with van der Waals surface area (Å²) in [6.07, 6.45) is 0. The van der Waals surface area contributed by atoms with Gasteiger partial charge in [-0.1, -0.05) is 55.4 Å². The van der Waals surface area contributed by atoms with E-state index in [1.165, 1.54) is 0 Å². The van der Waals surface area contributed by atoms with E-state index < -0.39 is 0 Å². The molecule has 0 saturated carbocycles. The summed E-state index contributed by atoms with van der Waals surface area (Å²) in [5.74, 6) is 0.833. The molecule has 0 aromatic rings. The SMILES string of the molecule is C=N/C(C)=C1/C(=NC)NN(C)N1CC.CC.CC.CC.CC. The number of amidine groups is 1. The minimum Gasteiger partial charge on any atom is -0.284 e. The summed E-state index contributed by atoms with van der Waals surface area (Å²) in [5.41, 5.74) is 5.01. The maximum atomic E-state index is 4.16. The van der Waals surface area contributed by atoms with Crippen molar-refractivity contribution >= 4 is 12.6 Å². The molecule has 134 valence electrons. The van der Waals surface area contributed by atoms with Crippen molar-refractivity contribution in [1.82, 2.24) is 15.6 Å². The molecule has 1 saturated heterocycles. The molecular weight excluding hydrogens is 274 g/mol. The van der Waals surface area contributed by atoms with Crippen LogP contribution in [-0.2, 0) is 0 Å². The molecule has 1 fully saturated rings. The van der Waals surface area contributed by atoms with Crippen LogP contribution in [-0.4, -0.2) is 43.3 Å². The van der Waals surface area contributed by atoms with Crippen LogP contribution in [0, 0.1) is 0 Å². The van der Waals surface area contributed by atoms with E-state index in [1.54, 1.807) is 7.05 Å². The lowest BCUT2D eigenvalue weighted by atomic mass is 10.3. The zero-order chi connectivity index (χ0) is 18.7. The van der Waals surface area contributed by atoms with Gasteiger partial charge in [-0.05, 0) is 20.6 Å². The summed E-state index contributed by atoms with van der Waals surface area (Å²) in [6, 6.07) is 0. The van der Waals surface area contributed by atoms with Crippen LogP contribution in [0.5, 0.6) is 0 Å². The number of rotatable bonds is 2. The predicted octanol–water partition coefficient (Wildman–Crippen LogP) is 4.74. The second-order valence-electron chi connectivity index (χ2n) is 3.02. The molecule has 0 aliphatic carbocycles. The number of hydrogen-bond acceptors (Lipinski definition) is 4. The van der Waals surface area contributed by atoms with E-state index >= 15 is 0 Å². The van der Waals surface area contributed by atoms with Crippen LogP contribution in [0.1, 0.15) is 69.2 Å². The quantitative estimate of drug-likeness (QED) is 0.749. The first-order valence-electron chi connectivity index (χ1n) is 8.58. The van der Waals surface area contributed by atoms with Gasteiger partial charge in [-0.15, -0.1) is 5.12 Å². The third-order valence-electron chi connectivity index (χ3n) is 2.22. The minimum atomic E-state index is 0.833. The van der Waals surface area contributed by atoms with E-state index in [-0.39, 0.29) is 0 Å². The Hall–Kier alpha value is -1.36. The van der Waals surface area contributed by atoms with E-state index in [1.807, 2.05) is 74.5 Å². The van der Waals surface area contributed by atoms with E-state index in [0.717, 1.165) is 23.8 Å². The normalized spacial score (nSPS) is 16.4. The molecule has 5 nitrogen and oxygen atoms in total. The van der Waals surface area contributed by atoms with Gasteiger partial charge in [0.25, 0.3) is 0 Å². The number of allylic oxidation sites excluding steroid dienone is 1. The molecule has 1 rings (SSSR count). The Morgan fingerprint density at radius 2 is 1.45 bits per heavy atom. The van der Waals surface area contributed by atoms with Crippen LogP contribution >= 0.6 is 0 Å². The number of nitrogens with zero attached hydrogens (tertiary/aromatic N) is 4. The second-order valence-corrected chi connectivity index (χ2v) is 3.02. The zero-order valence-corrected chi connectivity index (χ0v) is 17.2. The molecule has 0 radical (unpaired) electrons. The first-order valence-corrected chi connectivity index (χ1v) is 8.58. The zero-order valence-electron chi connectivity index (χ0n) is 17.2. The molecule has 0 bridgehead atoms. The lowest BCUT2D eigenvalue weighted by Crippen LogP contribution is -2.38. The summed E-state index contributed by atoms with van der Waals surface area (Å²) in [5, 5.41) is 3.96. The molecule has 22 heavy (non-hydrogen) atoms. The predicted molar refractivity (Wildman–Crippen MR) is 104 cm³/mol. The molecule has 1 heterocycles. The van der Waals surface area contributed by atoms with Crippen molar-refractivity contribution in [2.45, 2.75) is 69.2 Å². The third-order valence-corrected chi connectivity index (χ3v) is 2.22.